The van der Waals surface area contributed by atoms with Crippen LogP contribution in [0, 0.1) is 17.6 Å². The number of aliphatic carboxylic acids is 1. The first-order valence-electron chi connectivity index (χ1n) is 11.8. The fraction of sp³-hybridized carbons (Fsp3) is 0.423. The van der Waals surface area contributed by atoms with E-state index in [2.05, 4.69) is 24.0 Å². The van der Waals surface area contributed by atoms with Gasteiger partial charge in [-0.2, -0.15) is 5.10 Å². The summed E-state index contributed by atoms with van der Waals surface area (Å²) in [6.07, 6.45) is 4.24. The van der Waals surface area contributed by atoms with Gasteiger partial charge in [0.05, 0.1) is 29.8 Å². The van der Waals surface area contributed by atoms with E-state index in [9.17, 15) is 18.7 Å². The molecule has 4 aromatic rings. The summed E-state index contributed by atoms with van der Waals surface area (Å²) in [5, 5.41) is 17.4. The number of carboxylic acids is 1. The number of fused-ring (bicyclic) bond motifs is 2. The molecule has 0 saturated heterocycles. The summed E-state index contributed by atoms with van der Waals surface area (Å²) in [6.45, 7) is 4.51. The summed E-state index contributed by atoms with van der Waals surface area (Å²) in [4.78, 5) is 16.5. The number of aromatic amines is 1. The van der Waals surface area contributed by atoms with Gasteiger partial charge in [-0.3, -0.25) is 9.89 Å². The molecule has 2 N–H and O–H groups in total. The van der Waals surface area contributed by atoms with E-state index in [-0.39, 0.29) is 11.8 Å². The summed E-state index contributed by atoms with van der Waals surface area (Å²) in [5.74, 6) is -2.89. The average molecular weight is 483 g/mol. The molecule has 0 atom stereocenters. The van der Waals surface area contributed by atoms with E-state index in [0.29, 0.717) is 43.6 Å². The third-order valence-electron chi connectivity index (χ3n) is 7.17. The van der Waals surface area contributed by atoms with Crippen molar-refractivity contribution in [2.75, 3.05) is 13.7 Å². The maximum absolute atomic E-state index is 14.4. The third-order valence-corrected chi connectivity index (χ3v) is 7.17. The Morgan fingerprint density at radius 2 is 1.94 bits per heavy atom. The zero-order valence-electron chi connectivity index (χ0n) is 19.9. The highest BCUT2D eigenvalue weighted by Crippen LogP contribution is 2.46. The van der Waals surface area contributed by atoms with Gasteiger partial charge in [0, 0.05) is 40.9 Å². The monoisotopic (exact) mass is 482 g/mol. The predicted octanol–water partition coefficient (Wildman–Crippen LogP) is 5.46. The van der Waals surface area contributed by atoms with Crippen LogP contribution in [0.2, 0.25) is 0 Å². The number of H-pyrrole nitrogens is 1. The van der Waals surface area contributed by atoms with Crippen LogP contribution in [-0.2, 0) is 14.9 Å². The van der Waals surface area contributed by atoms with E-state index >= 15 is 0 Å². The Labute approximate surface area is 201 Å². The highest BCUT2D eigenvalue weighted by Gasteiger charge is 2.37. The molecule has 7 nitrogen and oxygen atoms in total. The molecular weight excluding hydrogens is 454 g/mol. The van der Waals surface area contributed by atoms with Crippen LogP contribution in [0.1, 0.15) is 56.7 Å². The van der Waals surface area contributed by atoms with Gasteiger partial charge in [-0.05, 0) is 49.8 Å². The lowest BCUT2D eigenvalue weighted by Crippen LogP contribution is -2.29. The Morgan fingerprint density at radius 3 is 2.60 bits per heavy atom. The van der Waals surface area contributed by atoms with Crippen molar-refractivity contribution in [2.45, 2.75) is 50.9 Å². The molecular formula is C26H28F2N4O3. The Hall–Kier alpha value is -3.33. The van der Waals surface area contributed by atoms with Gasteiger partial charge in [-0.25, -0.2) is 13.8 Å². The van der Waals surface area contributed by atoms with Gasteiger partial charge < -0.3 is 14.4 Å². The zero-order valence-corrected chi connectivity index (χ0v) is 19.9. The van der Waals surface area contributed by atoms with E-state index in [1.165, 1.54) is 6.07 Å². The Balaban J connectivity index is 1.83. The van der Waals surface area contributed by atoms with Crippen molar-refractivity contribution in [3.8, 4) is 5.69 Å². The van der Waals surface area contributed by atoms with Crippen LogP contribution in [-0.4, -0.2) is 44.5 Å². The van der Waals surface area contributed by atoms with E-state index in [1.54, 1.807) is 19.4 Å². The van der Waals surface area contributed by atoms with Gasteiger partial charge in [-0.15, -0.1) is 0 Å². The average Bonchev–Trinajstić information content (AvgIpc) is 3.41. The zero-order chi connectivity index (χ0) is 24.9. The maximum atomic E-state index is 14.4. The molecule has 0 spiro atoms. The van der Waals surface area contributed by atoms with E-state index in [0.717, 1.165) is 33.7 Å². The number of carbonyl (C=O) groups is 1. The minimum absolute atomic E-state index is 0.0682. The SMILES string of the molecule is COCC(C)(C)c1c([C@H]2CC[C@H](C(=O)O)CC2)c2nc3[nH]ncc3cc2n1-c1ccc(F)c(F)c1. The van der Waals surface area contributed by atoms with Gasteiger partial charge in [0.1, 0.15) is 0 Å². The molecule has 0 amide bonds. The largest absolute Gasteiger partial charge is 0.481 e. The number of nitrogens with zero attached hydrogens (tertiary/aromatic N) is 3. The number of hydrogen-bond acceptors (Lipinski definition) is 4. The lowest BCUT2D eigenvalue weighted by molar-refractivity contribution is -0.142. The fourth-order valence-electron chi connectivity index (χ4n) is 5.59. The van der Waals surface area contributed by atoms with Crippen LogP contribution in [0.3, 0.4) is 0 Å². The quantitative estimate of drug-likeness (QED) is 0.381. The molecule has 184 valence electrons. The first kappa shape index (κ1) is 23.4. The molecule has 3 heterocycles. The van der Waals surface area contributed by atoms with Crippen LogP contribution < -0.4 is 0 Å². The van der Waals surface area contributed by atoms with Crippen molar-refractivity contribution in [2.24, 2.45) is 5.92 Å². The van der Waals surface area contributed by atoms with Crippen molar-refractivity contribution in [3.63, 3.8) is 0 Å². The lowest BCUT2D eigenvalue weighted by atomic mass is 9.75. The van der Waals surface area contributed by atoms with Crippen molar-refractivity contribution in [3.05, 3.63) is 53.4 Å². The third kappa shape index (κ3) is 3.97. The fourth-order valence-corrected chi connectivity index (χ4v) is 5.59. The van der Waals surface area contributed by atoms with Crippen molar-refractivity contribution in [1.29, 1.82) is 0 Å². The Morgan fingerprint density at radius 1 is 1.20 bits per heavy atom. The van der Waals surface area contributed by atoms with Crippen molar-refractivity contribution in [1.82, 2.24) is 19.7 Å². The summed E-state index contributed by atoms with van der Waals surface area (Å²) < 4.78 is 35.8. The topological polar surface area (TPSA) is 93.0 Å². The molecule has 1 fully saturated rings. The highest BCUT2D eigenvalue weighted by molar-refractivity contribution is 5.94. The number of methoxy groups -OCH3 is 1. The first-order chi connectivity index (χ1) is 16.7. The summed E-state index contributed by atoms with van der Waals surface area (Å²) in [5.41, 5.74) is 4.05. The van der Waals surface area contributed by atoms with Crippen LogP contribution in [0.5, 0.6) is 0 Å². The second-order valence-corrected chi connectivity index (χ2v) is 10.1. The normalized spacial score (nSPS) is 19.0. The van der Waals surface area contributed by atoms with Gasteiger partial charge >= 0.3 is 5.97 Å². The number of nitrogens with one attached hydrogen (secondary N) is 1. The molecule has 0 radical (unpaired) electrons. The first-order valence-corrected chi connectivity index (χ1v) is 11.8. The summed E-state index contributed by atoms with van der Waals surface area (Å²) >= 11 is 0. The number of hydrogen-bond donors (Lipinski definition) is 2. The number of halogens is 2. The summed E-state index contributed by atoms with van der Waals surface area (Å²) in [7, 11) is 1.64. The Kier molecular flexibility index (Phi) is 5.83. The molecule has 5 rings (SSSR count). The van der Waals surface area contributed by atoms with Crippen molar-refractivity contribution < 1.29 is 23.4 Å². The second kappa shape index (κ2) is 8.71. The minimum Gasteiger partial charge on any atom is -0.481 e. The van der Waals surface area contributed by atoms with Crippen molar-refractivity contribution >= 4 is 28.0 Å². The molecule has 0 bridgehead atoms. The molecule has 9 heteroatoms. The van der Waals surface area contributed by atoms with E-state index < -0.39 is 23.0 Å². The molecule has 3 aromatic heterocycles. The molecule has 0 unspecified atom stereocenters. The van der Waals surface area contributed by atoms with Gasteiger partial charge in [0.15, 0.2) is 17.3 Å². The maximum Gasteiger partial charge on any atom is 0.306 e. The number of aromatic nitrogens is 4. The number of rotatable bonds is 6. The van der Waals surface area contributed by atoms with Crippen LogP contribution >= 0.6 is 0 Å². The van der Waals surface area contributed by atoms with Crippen LogP contribution in [0.25, 0.3) is 27.8 Å². The van der Waals surface area contributed by atoms with E-state index in [4.69, 9.17) is 9.72 Å². The van der Waals surface area contributed by atoms with Crippen LogP contribution in [0.4, 0.5) is 8.78 Å². The molecule has 1 aliphatic carbocycles. The minimum atomic E-state index is -0.930. The highest BCUT2D eigenvalue weighted by atomic mass is 19.2. The molecule has 1 saturated carbocycles. The summed E-state index contributed by atoms with van der Waals surface area (Å²) in [6, 6.07) is 5.85. The van der Waals surface area contributed by atoms with Gasteiger partial charge in [0.25, 0.3) is 0 Å². The van der Waals surface area contributed by atoms with Gasteiger partial charge in [0.2, 0.25) is 0 Å². The second-order valence-electron chi connectivity index (χ2n) is 10.1. The molecule has 1 aliphatic rings. The smallest absolute Gasteiger partial charge is 0.306 e. The van der Waals surface area contributed by atoms with Gasteiger partial charge in [-0.1, -0.05) is 13.8 Å². The lowest BCUT2D eigenvalue weighted by Gasteiger charge is -2.32. The standard InChI is InChI=1S/C26H28F2N4O3/c1-26(2,13-35-3)23-21(14-4-6-15(7-5-14)25(33)34)22-20(10-16-12-29-31-24(16)30-22)32(23)17-8-9-18(27)19(28)11-17/h8-12,14-15H,4-7,13H2,1-3H3,(H,33,34)(H,29,30,31)/t14-,15-. The molecule has 0 aliphatic heterocycles. The number of carboxylic acid groups (broad SMARTS) is 1. The number of pyridine rings is 1. The van der Waals surface area contributed by atoms with Crippen LogP contribution in [0.15, 0.2) is 30.5 Å². The Bertz CT molecular complexity index is 1420. The number of ether oxygens (including phenoxy) is 1. The van der Waals surface area contributed by atoms with E-state index in [1.807, 2.05) is 10.6 Å². The number of benzene rings is 1. The molecule has 1 aromatic carbocycles. The molecule has 35 heavy (non-hydrogen) atoms. The predicted molar refractivity (Wildman–Crippen MR) is 128 cm³/mol.